The maximum Gasteiger partial charge on any atom is 0.236 e. The van der Waals surface area contributed by atoms with Gasteiger partial charge in [-0.25, -0.2) is 0 Å². The van der Waals surface area contributed by atoms with Crippen molar-refractivity contribution in [1.29, 1.82) is 0 Å². The molecule has 4 nitrogen and oxygen atoms in total. The number of methoxy groups -OCH3 is 1. The zero-order chi connectivity index (χ0) is 14.1. The first kappa shape index (κ1) is 16.4. The molecular formula is C15H30N2O2. The SMILES string of the molecule is CCC1CCC(CNC(C)C(=O)NCCOC)CC1. The predicted octanol–water partition coefficient (Wildman–Crippen LogP) is 1.94. The van der Waals surface area contributed by atoms with E-state index in [1.165, 1.54) is 32.1 Å². The van der Waals surface area contributed by atoms with Crippen LogP contribution in [0.5, 0.6) is 0 Å². The van der Waals surface area contributed by atoms with Crippen molar-refractivity contribution in [1.82, 2.24) is 10.6 Å². The third-order valence-corrected chi connectivity index (χ3v) is 4.26. The van der Waals surface area contributed by atoms with Crippen LogP contribution in [0.4, 0.5) is 0 Å². The normalized spacial score (nSPS) is 25.0. The number of hydrogen-bond acceptors (Lipinski definition) is 3. The number of carbonyl (C=O) groups is 1. The van der Waals surface area contributed by atoms with Gasteiger partial charge in [-0.05, 0) is 38.1 Å². The van der Waals surface area contributed by atoms with E-state index in [0.717, 1.165) is 18.4 Å². The van der Waals surface area contributed by atoms with Gasteiger partial charge in [-0.3, -0.25) is 4.79 Å². The molecule has 0 aromatic carbocycles. The highest BCUT2D eigenvalue weighted by Crippen LogP contribution is 2.30. The second kappa shape index (κ2) is 9.32. The van der Waals surface area contributed by atoms with Gasteiger partial charge in [-0.2, -0.15) is 0 Å². The van der Waals surface area contributed by atoms with E-state index in [9.17, 15) is 4.79 Å². The van der Waals surface area contributed by atoms with Crippen LogP contribution < -0.4 is 10.6 Å². The Morgan fingerprint density at radius 3 is 2.47 bits per heavy atom. The summed E-state index contributed by atoms with van der Waals surface area (Å²) in [5, 5.41) is 6.22. The highest BCUT2D eigenvalue weighted by atomic mass is 16.5. The summed E-state index contributed by atoms with van der Waals surface area (Å²) in [6, 6.07) is -0.110. The first-order valence-corrected chi connectivity index (χ1v) is 7.67. The molecule has 112 valence electrons. The van der Waals surface area contributed by atoms with Crippen molar-refractivity contribution in [2.45, 2.75) is 52.0 Å². The minimum absolute atomic E-state index is 0.0688. The van der Waals surface area contributed by atoms with Gasteiger partial charge in [0.1, 0.15) is 0 Å². The van der Waals surface area contributed by atoms with E-state index in [4.69, 9.17) is 4.74 Å². The van der Waals surface area contributed by atoms with Gasteiger partial charge in [-0.15, -0.1) is 0 Å². The lowest BCUT2D eigenvalue weighted by Gasteiger charge is -2.28. The molecule has 19 heavy (non-hydrogen) atoms. The maximum absolute atomic E-state index is 11.8. The Balaban J connectivity index is 2.12. The van der Waals surface area contributed by atoms with Crippen LogP contribution in [-0.4, -0.2) is 38.8 Å². The summed E-state index contributed by atoms with van der Waals surface area (Å²) in [6.45, 7) is 6.34. The molecule has 0 aromatic rings. The summed E-state index contributed by atoms with van der Waals surface area (Å²) in [4.78, 5) is 11.8. The molecule has 1 atom stereocenters. The summed E-state index contributed by atoms with van der Waals surface area (Å²) < 4.78 is 4.91. The first-order valence-electron chi connectivity index (χ1n) is 7.67. The molecule has 1 saturated carbocycles. The molecular weight excluding hydrogens is 240 g/mol. The highest BCUT2D eigenvalue weighted by molar-refractivity contribution is 5.81. The summed E-state index contributed by atoms with van der Waals surface area (Å²) in [5.74, 6) is 1.75. The third-order valence-electron chi connectivity index (χ3n) is 4.26. The van der Waals surface area contributed by atoms with Gasteiger partial charge in [0.05, 0.1) is 12.6 Å². The molecule has 1 amide bonds. The quantitative estimate of drug-likeness (QED) is 0.663. The van der Waals surface area contributed by atoms with Crippen LogP contribution >= 0.6 is 0 Å². The van der Waals surface area contributed by atoms with Crippen molar-refractivity contribution in [3.05, 3.63) is 0 Å². The van der Waals surface area contributed by atoms with Crippen LogP contribution in [-0.2, 0) is 9.53 Å². The van der Waals surface area contributed by atoms with Gasteiger partial charge >= 0.3 is 0 Å². The topological polar surface area (TPSA) is 50.4 Å². The van der Waals surface area contributed by atoms with E-state index >= 15 is 0 Å². The van der Waals surface area contributed by atoms with Crippen molar-refractivity contribution in [3.8, 4) is 0 Å². The minimum Gasteiger partial charge on any atom is -0.383 e. The molecule has 1 aliphatic rings. The molecule has 1 aliphatic carbocycles. The third kappa shape index (κ3) is 6.39. The highest BCUT2D eigenvalue weighted by Gasteiger charge is 2.21. The number of amides is 1. The number of hydrogen-bond donors (Lipinski definition) is 2. The average Bonchev–Trinajstić information content (AvgIpc) is 2.45. The van der Waals surface area contributed by atoms with E-state index in [2.05, 4.69) is 17.6 Å². The summed E-state index contributed by atoms with van der Waals surface area (Å²) in [6.07, 6.45) is 6.65. The first-order chi connectivity index (χ1) is 9.17. The largest absolute Gasteiger partial charge is 0.383 e. The van der Waals surface area contributed by atoms with Gasteiger partial charge < -0.3 is 15.4 Å². The van der Waals surface area contributed by atoms with Crippen LogP contribution in [0.3, 0.4) is 0 Å². The number of nitrogens with one attached hydrogen (secondary N) is 2. The van der Waals surface area contributed by atoms with Crippen LogP contribution in [0.15, 0.2) is 0 Å². The van der Waals surface area contributed by atoms with Crippen molar-refractivity contribution in [2.75, 3.05) is 26.8 Å². The molecule has 0 bridgehead atoms. The van der Waals surface area contributed by atoms with Gasteiger partial charge in [0, 0.05) is 13.7 Å². The van der Waals surface area contributed by atoms with Gasteiger partial charge in [0.25, 0.3) is 0 Å². The van der Waals surface area contributed by atoms with Crippen molar-refractivity contribution in [3.63, 3.8) is 0 Å². The van der Waals surface area contributed by atoms with Crippen LogP contribution in [0.25, 0.3) is 0 Å². The molecule has 0 spiro atoms. The molecule has 1 rings (SSSR count). The summed E-state index contributed by atoms with van der Waals surface area (Å²) in [5.41, 5.74) is 0. The van der Waals surface area contributed by atoms with Crippen LogP contribution in [0.1, 0.15) is 46.0 Å². The van der Waals surface area contributed by atoms with E-state index in [1.807, 2.05) is 6.92 Å². The van der Waals surface area contributed by atoms with Crippen molar-refractivity contribution >= 4 is 5.91 Å². The van der Waals surface area contributed by atoms with Crippen LogP contribution in [0, 0.1) is 11.8 Å². The standard InChI is InChI=1S/C15H30N2O2/c1-4-13-5-7-14(8-6-13)11-17-12(2)15(18)16-9-10-19-3/h12-14,17H,4-11H2,1-3H3,(H,16,18). The summed E-state index contributed by atoms with van der Waals surface area (Å²) in [7, 11) is 1.64. The zero-order valence-electron chi connectivity index (χ0n) is 12.7. The van der Waals surface area contributed by atoms with Gasteiger partial charge in [-0.1, -0.05) is 26.2 Å². The fourth-order valence-corrected chi connectivity index (χ4v) is 2.71. The second-order valence-corrected chi connectivity index (χ2v) is 5.71. The monoisotopic (exact) mass is 270 g/mol. The maximum atomic E-state index is 11.8. The van der Waals surface area contributed by atoms with Gasteiger partial charge in [0.15, 0.2) is 0 Å². The number of carbonyl (C=O) groups excluding carboxylic acids is 1. The van der Waals surface area contributed by atoms with Crippen LogP contribution in [0.2, 0.25) is 0 Å². The smallest absolute Gasteiger partial charge is 0.236 e. The molecule has 0 heterocycles. The fraction of sp³-hybridized carbons (Fsp3) is 0.933. The van der Waals surface area contributed by atoms with Crippen molar-refractivity contribution in [2.24, 2.45) is 11.8 Å². The number of ether oxygens (including phenoxy) is 1. The Bertz CT molecular complexity index is 251. The van der Waals surface area contributed by atoms with E-state index in [-0.39, 0.29) is 11.9 Å². The van der Waals surface area contributed by atoms with Crippen molar-refractivity contribution < 1.29 is 9.53 Å². The molecule has 0 aliphatic heterocycles. The average molecular weight is 270 g/mol. The lowest BCUT2D eigenvalue weighted by atomic mass is 9.81. The van der Waals surface area contributed by atoms with E-state index in [0.29, 0.717) is 13.2 Å². The lowest BCUT2D eigenvalue weighted by Crippen LogP contribution is -2.44. The fourth-order valence-electron chi connectivity index (χ4n) is 2.71. The molecule has 1 fully saturated rings. The summed E-state index contributed by atoms with van der Waals surface area (Å²) >= 11 is 0. The van der Waals surface area contributed by atoms with Gasteiger partial charge in [0.2, 0.25) is 5.91 Å². The second-order valence-electron chi connectivity index (χ2n) is 5.71. The molecule has 0 aromatic heterocycles. The Labute approximate surface area is 117 Å². The zero-order valence-corrected chi connectivity index (χ0v) is 12.7. The molecule has 1 unspecified atom stereocenters. The molecule has 0 radical (unpaired) electrons. The van der Waals surface area contributed by atoms with E-state index in [1.54, 1.807) is 7.11 Å². The molecule has 4 heteroatoms. The Hall–Kier alpha value is -0.610. The molecule has 2 N–H and O–H groups in total. The van der Waals surface area contributed by atoms with E-state index < -0.39 is 0 Å². The number of rotatable bonds is 8. The predicted molar refractivity (Wildman–Crippen MR) is 78.1 cm³/mol. The Morgan fingerprint density at radius 1 is 1.26 bits per heavy atom. The molecule has 0 saturated heterocycles. The minimum atomic E-state index is -0.110. The lowest BCUT2D eigenvalue weighted by molar-refractivity contribution is -0.123. The Morgan fingerprint density at radius 2 is 1.89 bits per heavy atom. The Kier molecular flexibility index (Phi) is 8.07.